The summed E-state index contributed by atoms with van der Waals surface area (Å²) in [4.78, 5) is 17.3. The normalized spacial score (nSPS) is 13.5. The third-order valence-electron chi connectivity index (χ3n) is 5.36. The standard InChI is InChI=1S/C25H25N3O5/c1-15(2)30-13-20-19-5-3-4-6-21(19)32-23(20)24(29)26-17-9-11-18(12-10-17)31-14-22-27-25(33-28-22)16-7-8-16/h3-6,9-12,15-16H,7-8,13-14H2,1-2H3,(H,26,29). The molecule has 8 nitrogen and oxygen atoms in total. The van der Waals surface area contributed by atoms with Crippen LogP contribution in [0, 0.1) is 0 Å². The molecule has 2 aromatic carbocycles. The third-order valence-corrected chi connectivity index (χ3v) is 5.36. The SMILES string of the molecule is CC(C)OCc1c(C(=O)Nc2ccc(OCc3noc(C4CC4)n3)cc2)oc2ccccc12. The summed E-state index contributed by atoms with van der Waals surface area (Å²) in [6.07, 6.45) is 2.25. The highest BCUT2D eigenvalue weighted by molar-refractivity contribution is 6.06. The molecule has 0 saturated heterocycles. The van der Waals surface area contributed by atoms with E-state index in [-0.39, 0.29) is 24.4 Å². The molecule has 1 N–H and O–H groups in total. The Morgan fingerprint density at radius 1 is 1.12 bits per heavy atom. The summed E-state index contributed by atoms with van der Waals surface area (Å²) in [5.74, 6) is 2.19. The van der Waals surface area contributed by atoms with Gasteiger partial charge < -0.3 is 23.7 Å². The predicted octanol–water partition coefficient (Wildman–Crippen LogP) is 5.45. The first-order valence-electron chi connectivity index (χ1n) is 11.1. The van der Waals surface area contributed by atoms with E-state index in [1.54, 1.807) is 24.3 Å². The first-order chi connectivity index (χ1) is 16.1. The fraction of sp³-hybridized carbons (Fsp3) is 0.320. The minimum atomic E-state index is -0.332. The van der Waals surface area contributed by atoms with Gasteiger partial charge in [0.05, 0.1) is 12.7 Å². The molecule has 0 unspecified atom stereocenters. The molecule has 1 saturated carbocycles. The molecule has 0 atom stereocenters. The Hall–Kier alpha value is -3.65. The number of carbonyl (C=O) groups excluding carboxylic acids is 1. The van der Waals surface area contributed by atoms with Gasteiger partial charge in [-0.2, -0.15) is 4.98 Å². The van der Waals surface area contributed by atoms with Crippen molar-refractivity contribution in [1.82, 2.24) is 10.1 Å². The van der Waals surface area contributed by atoms with Crippen molar-refractivity contribution in [1.29, 1.82) is 0 Å². The molecule has 0 aliphatic heterocycles. The lowest BCUT2D eigenvalue weighted by atomic mass is 10.1. The highest BCUT2D eigenvalue weighted by Crippen LogP contribution is 2.38. The fourth-order valence-corrected chi connectivity index (χ4v) is 3.47. The molecule has 33 heavy (non-hydrogen) atoms. The molecule has 2 heterocycles. The third kappa shape index (κ3) is 4.90. The minimum absolute atomic E-state index is 0.0369. The number of rotatable bonds is 9. The number of hydrogen-bond donors (Lipinski definition) is 1. The summed E-state index contributed by atoms with van der Waals surface area (Å²) in [5, 5.41) is 7.71. The monoisotopic (exact) mass is 447 g/mol. The number of nitrogens with zero attached hydrogens (tertiary/aromatic N) is 2. The highest BCUT2D eigenvalue weighted by atomic mass is 16.5. The lowest BCUT2D eigenvalue weighted by Crippen LogP contribution is -2.14. The van der Waals surface area contributed by atoms with E-state index in [4.69, 9.17) is 18.4 Å². The maximum atomic E-state index is 13.0. The van der Waals surface area contributed by atoms with Gasteiger partial charge in [0, 0.05) is 22.6 Å². The largest absolute Gasteiger partial charge is 0.485 e. The van der Waals surface area contributed by atoms with E-state index in [1.807, 2.05) is 38.1 Å². The van der Waals surface area contributed by atoms with E-state index in [1.165, 1.54) is 0 Å². The summed E-state index contributed by atoms with van der Waals surface area (Å²) in [6.45, 7) is 4.43. The van der Waals surface area contributed by atoms with Gasteiger partial charge in [0.25, 0.3) is 5.91 Å². The van der Waals surface area contributed by atoms with Gasteiger partial charge in [0.1, 0.15) is 11.3 Å². The minimum Gasteiger partial charge on any atom is -0.485 e. The van der Waals surface area contributed by atoms with Crippen molar-refractivity contribution in [2.45, 2.75) is 51.9 Å². The Balaban J connectivity index is 1.24. The van der Waals surface area contributed by atoms with E-state index >= 15 is 0 Å². The van der Waals surface area contributed by atoms with E-state index in [0.717, 1.165) is 23.8 Å². The van der Waals surface area contributed by atoms with Gasteiger partial charge in [0.2, 0.25) is 11.7 Å². The number of aromatic nitrogens is 2. The molecule has 1 fully saturated rings. The summed E-state index contributed by atoms with van der Waals surface area (Å²) >= 11 is 0. The van der Waals surface area contributed by atoms with Crippen LogP contribution in [0.4, 0.5) is 5.69 Å². The molecule has 0 radical (unpaired) electrons. The molecular weight excluding hydrogens is 422 g/mol. The molecule has 8 heteroatoms. The molecular formula is C25H25N3O5. The number of carbonyl (C=O) groups is 1. The molecule has 1 aliphatic carbocycles. The fourth-order valence-electron chi connectivity index (χ4n) is 3.47. The second-order valence-electron chi connectivity index (χ2n) is 8.36. The van der Waals surface area contributed by atoms with Gasteiger partial charge in [0.15, 0.2) is 12.4 Å². The number of furan rings is 1. The number of nitrogens with one attached hydrogen (secondary N) is 1. The van der Waals surface area contributed by atoms with Crippen LogP contribution in [0.5, 0.6) is 5.75 Å². The Morgan fingerprint density at radius 2 is 1.91 bits per heavy atom. The molecule has 0 spiro atoms. The van der Waals surface area contributed by atoms with Gasteiger partial charge >= 0.3 is 0 Å². The van der Waals surface area contributed by atoms with Crippen LogP contribution in [0.1, 0.15) is 60.4 Å². The van der Waals surface area contributed by atoms with Crippen molar-refractivity contribution in [3.8, 4) is 5.75 Å². The van der Waals surface area contributed by atoms with E-state index < -0.39 is 0 Å². The van der Waals surface area contributed by atoms with Crippen molar-refractivity contribution in [2.24, 2.45) is 0 Å². The van der Waals surface area contributed by atoms with Crippen molar-refractivity contribution in [3.63, 3.8) is 0 Å². The maximum Gasteiger partial charge on any atom is 0.291 e. The van der Waals surface area contributed by atoms with Crippen LogP contribution in [0.25, 0.3) is 11.0 Å². The van der Waals surface area contributed by atoms with Crippen molar-refractivity contribution in [2.75, 3.05) is 5.32 Å². The molecule has 5 rings (SSSR count). The van der Waals surface area contributed by atoms with E-state index in [2.05, 4.69) is 15.5 Å². The first-order valence-corrected chi connectivity index (χ1v) is 11.1. The summed E-state index contributed by atoms with van der Waals surface area (Å²) < 4.78 is 22.6. The molecule has 2 aromatic heterocycles. The molecule has 170 valence electrons. The first kappa shape index (κ1) is 21.2. The molecule has 4 aromatic rings. The van der Waals surface area contributed by atoms with Crippen molar-refractivity contribution in [3.05, 3.63) is 71.6 Å². The number of fused-ring (bicyclic) bond motifs is 1. The number of hydrogen-bond acceptors (Lipinski definition) is 7. The highest BCUT2D eigenvalue weighted by Gasteiger charge is 2.29. The summed E-state index contributed by atoms with van der Waals surface area (Å²) in [6, 6.07) is 14.7. The average molecular weight is 447 g/mol. The van der Waals surface area contributed by atoms with Crippen LogP contribution in [0.15, 0.2) is 57.5 Å². The van der Waals surface area contributed by atoms with E-state index in [9.17, 15) is 4.79 Å². The lowest BCUT2D eigenvalue weighted by Gasteiger charge is -2.09. The number of para-hydroxylation sites is 1. The Kier molecular flexibility index (Phi) is 5.83. The average Bonchev–Trinajstić information content (AvgIpc) is 3.44. The molecule has 1 amide bonds. The Morgan fingerprint density at radius 3 is 2.67 bits per heavy atom. The molecule has 0 bridgehead atoms. The van der Waals surface area contributed by atoms with E-state index in [0.29, 0.717) is 41.3 Å². The van der Waals surface area contributed by atoms with Crippen molar-refractivity contribution < 1.29 is 23.2 Å². The Labute approximate surface area is 190 Å². The summed E-state index contributed by atoms with van der Waals surface area (Å²) in [7, 11) is 0. The zero-order chi connectivity index (χ0) is 22.8. The van der Waals surface area contributed by atoms with Crippen LogP contribution in [0.2, 0.25) is 0 Å². The quantitative estimate of drug-likeness (QED) is 0.364. The number of ether oxygens (including phenoxy) is 2. The predicted molar refractivity (Wildman–Crippen MR) is 121 cm³/mol. The topological polar surface area (TPSA) is 99.6 Å². The van der Waals surface area contributed by atoms with Crippen LogP contribution in [-0.2, 0) is 18.0 Å². The van der Waals surface area contributed by atoms with Gasteiger partial charge in [-0.15, -0.1) is 0 Å². The summed E-state index contributed by atoms with van der Waals surface area (Å²) in [5.41, 5.74) is 2.02. The van der Waals surface area contributed by atoms with Gasteiger partial charge in [-0.3, -0.25) is 4.79 Å². The molecule has 1 aliphatic rings. The van der Waals surface area contributed by atoms with Crippen LogP contribution in [-0.4, -0.2) is 22.2 Å². The number of benzene rings is 2. The zero-order valence-electron chi connectivity index (χ0n) is 18.5. The van der Waals surface area contributed by atoms with Gasteiger partial charge in [-0.1, -0.05) is 23.4 Å². The second kappa shape index (κ2) is 9.07. The number of amides is 1. The lowest BCUT2D eigenvalue weighted by molar-refractivity contribution is 0.0648. The number of anilines is 1. The van der Waals surface area contributed by atoms with Crippen LogP contribution in [0.3, 0.4) is 0 Å². The second-order valence-corrected chi connectivity index (χ2v) is 8.36. The van der Waals surface area contributed by atoms with Crippen LogP contribution >= 0.6 is 0 Å². The Bertz CT molecular complexity index is 1250. The zero-order valence-corrected chi connectivity index (χ0v) is 18.5. The van der Waals surface area contributed by atoms with Gasteiger partial charge in [-0.25, -0.2) is 0 Å². The van der Waals surface area contributed by atoms with Crippen molar-refractivity contribution >= 4 is 22.6 Å². The maximum absolute atomic E-state index is 13.0. The smallest absolute Gasteiger partial charge is 0.291 e. The van der Waals surface area contributed by atoms with Crippen LogP contribution < -0.4 is 10.1 Å². The van der Waals surface area contributed by atoms with Gasteiger partial charge in [-0.05, 0) is 57.0 Å².